The van der Waals surface area contributed by atoms with Gasteiger partial charge in [0.1, 0.15) is 0 Å². The van der Waals surface area contributed by atoms with E-state index in [1.165, 1.54) is 18.4 Å². The number of carbonyl (C=O) groups excluding carboxylic acids is 1. The second kappa shape index (κ2) is 6.90. The fraction of sp³-hybridized carbons (Fsp3) is 0.417. The van der Waals surface area contributed by atoms with Crippen LogP contribution >= 0.6 is 0 Å². The van der Waals surface area contributed by atoms with Crippen LogP contribution in [0.15, 0.2) is 29.2 Å². The number of carbonyl (C=O) groups is 1. The summed E-state index contributed by atoms with van der Waals surface area (Å²) in [5.74, 6) is 0. The van der Waals surface area contributed by atoms with Crippen molar-refractivity contribution in [3.8, 4) is 0 Å². The minimum atomic E-state index is -4.78. The fourth-order valence-electron chi connectivity index (χ4n) is 1.42. The van der Waals surface area contributed by atoms with Crippen molar-refractivity contribution in [2.45, 2.75) is 17.2 Å². The molecule has 9 heteroatoms. The number of aliphatic hydroxyl groups is 1. The molecule has 21 heavy (non-hydrogen) atoms. The summed E-state index contributed by atoms with van der Waals surface area (Å²) in [7, 11) is -0.108. The topological polar surface area (TPSA) is 69.6 Å². The van der Waals surface area contributed by atoms with Crippen molar-refractivity contribution >= 4 is 22.5 Å². The van der Waals surface area contributed by atoms with Gasteiger partial charge in [0.25, 0.3) is 0 Å². The Morgan fingerprint density at radius 1 is 1.48 bits per heavy atom. The molecule has 1 aromatic rings. The zero-order chi connectivity index (χ0) is 16.2. The predicted octanol–water partition coefficient (Wildman–Crippen LogP) is 1.81. The van der Waals surface area contributed by atoms with Crippen LogP contribution in [0.1, 0.15) is 0 Å². The van der Waals surface area contributed by atoms with Crippen LogP contribution < -0.4 is 5.32 Å². The normalized spacial score (nSPS) is 14.4. The van der Waals surface area contributed by atoms with E-state index >= 15 is 0 Å². The van der Waals surface area contributed by atoms with E-state index in [-0.39, 0.29) is 0 Å². The smallest absolute Gasteiger partial charge is 0.382 e. The molecule has 0 saturated heterocycles. The maximum Gasteiger partial charge on any atom is 0.416 e. The maximum absolute atomic E-state index is 12.2. The number of nitrogens with one attached hydrogen (secondary N) is 1. The number of halogens is 3. The second-order valence-corrected chi connectivity index (χ2v) is 5.73. The minimum absolute atomic E-state index is 0.307. The Bertz CT molecular complexity index is 537. The number of rotatable bonds is 4. The summed E-state index contributed by atoms with van der Waals surface area (Å²) in [4.78, 5) is 12.9. The van der Waals surface area contributed by atoms with Crippen LogP contribution in [0.5, 0.6) is 0 Å². The van der Waals surface area contributed by atoms with E-state index in [4.69, 9.17) is 5.11 Å². The molecule has 2 atom stereocenters. The van der Waals surface area contributed by atoms with E-state index in [0.29, 0.717) is 15.5 Å². The van der Waals surface area contributed by atoms with Crippen molar-refractivity contribution < 1.29 is 27.3 Å². The first-order valence-corrected chi connectivity index (χ1v) is 7.37. The van der Waals surface area contributed by atoms with Crippen molar-refractivity contribution in [3.63, 3.8) is 0 Å². The minimum Gasteiger partial charge on any atom is -0.382 e. The lowest BCUT2D eigenvalue weighted by molar-refractivity contribution is -0.205. The van der Waals surface area contributed by atoms with Gasteiger partial charge in [-0.2, -0.15) is 13.2 Å². The van der Waals surface area contributed by atoms with Crippen molar-refractivity contribution in [1.82, 2.24) is 4.90 Å². The third-order valence-electron chi connectivity index (χ3n) is 2.59. The molecule has 0 heterocycles. The number of hydrogen-bond donors (Lipinski definition) is 2. The van der Waals surface area contributed by atoms with E-state index in [1.54, 1.807) is 12.1 Å². The van der Waals surface area contributed by atoms with Crippen LogP contribution in [0, 0.1) is 0 Å². The first-order chi connectivity index (χ1) is 9.61. The largest absolute Gasteiger partial charge is 0.416 e. The van der Waals surface area contributed by atoms with Crippen LogP contribution in [-0.2, 0) is 10.8 Å². The molecule has 0 bridgehead atoms. The Balaban J connectivity index is 2.68. The molecule has 0 saturated carbocycles. The highest BCUT2D eigenvalue weighted by molar-refractivity contribution is 7.84. The van der Waals surface area contributed by atoms with Crippen molar-refractivity contribution in [1.29, 1.82) is 0 Å². The van der Waals surface area contributed by atoms with Crippen molar-refractivity contribution in [3.05, 3.63) is 24.3 Å². The lowest BCUT2D eigenvalue weighted by atomic mass is 10.3. The molecule has 0 aromatic heterocycles. The molecule has 0 aliphatic rings. The number of alkyl halides is 3. The van der Waals surface area contributed by atoms with Crippen molar-refractivity contribution in [2.75, 3.05) is 25.2 Å². The highest BCUT2D eigenvalue weighted by Crippen LogP contribution is 2.20. The van der Waals surface area contributed by atoms with Crippen LogP contribution in [-0.4, -0.2) is 52.4 Å². The average Bonchev–Trinajstić information content (AvgIpc) is 2.37. The molecule has 0 fully saturated rings. The van der Waals surface area contributed by atoms with Gasteiger partial charge in [0, 0.05) is 34.7 Å². The van der Waals surface area contributed by atoms with Crippen LogP contribution in [0.4, 0.5) is 23.7 Å². The van der Waals surface area contributed by atoms with Crippen molar-refractivity contribution in [2.24, 2.45) is 0 Å². The Kier molecular flexibility index (Phi) is 5.73. The van der Waals surface area contributed by atoms with E-state index in [0.717, 1.165) is 7.05 Å². The molecular weight excluding hydrogens is 309 g/mol. The number of likely N-dealkylation sites (N-methyl/N-ethyl adjacent to an activating group) is 1. The molecule has 5 nitrogen and oxygen atoms in total. The van der Waals surface area contributed by atoms with Gasteiger partial charge in [-0.25, -0.2) is 4.79 Å². The van der Waals surface area contributed by atoms with Gasteiger partial charge in [0.15, 0.2) is 6.10 Å². The standard InChI is InChI=1S/C12H15F3N2O3S/c1-17(7-10(18)12(13,14)15)11(19)16-8-4-3-5-9(6-8)21(2)20/h3-6,10,18H,7H2,1-2H3,(H,16,19)/t10-,21+/m1/s1. The Hall–Kier alpha value is -1.61. The SMILES string of the molecule is CN(C[C@@H](O)C(F)(F)F)C(=O)Nc1cccc([S@](C)=O)c1. The van der Waals surface area contributed by atoms with Crippen LogP contribution in [0.25, 0.3) is 0 Å². The highest BCUT2D eigenvalue weighted by atomic mass is 32.2. The summed E-state index contributed by atoms with van der Waals surface area (Å²) >= 11 is 0. The molecule has 1 rings (SSSR count). The lowest BCUT2D eigenvalue weighted by Gasteiger charge is -2.22. The van der Waals surface area contributed by atoms with Gasteiger partial charge in [0.05, 0.1) is 6.54 Å². The molecular formula is C12H15F3N2O3S. The summed E-state index contributed by atoms with van der Waals surface area (Å²) in [6.45, 7) is -0.880. The number of hydrogen-bond acceptors (Lipinski definition) is 3. The molecule has 0 unspecified atom stereocenters. The summed E-state index contributed by atoms with van der Waals surface area (Å²) < 4.78 is 47.9. The zero-order valence-electron chi connectivity index (χ0n) is 11.3. The molecule has 0 aliphatic carbocycles. The molecule has 0 aliphatic heterocycles. The summed E-state index contributed by atoms with van der Waals surface area (Å²) in [5, 5.41) is 11.3. The quantitative estimate of drug-likeness (QED) is 0.887. The number of anilines is 1. The molecule has 1 aromatic carbocycles. The van der Waals surface area contributed by atoms with Gasteiger partial charge in [-0.3, -0.25) is 4.21 Å². The first kappa shape index (κ1) is 17.4. The molecule has 0 radical (unpaired) electrons. The Morgan fingerprint density at radius 2 is 2.10 bits per heavy atom. The predicted molar refractivity (Wildman–Crippen MR) is 72.5 cm³/mol. The average molecular weight is 324 g/mol. The Morgan fingerprint density at radius 3 is 2.62 bits per heavy atom. The number of urea groups is 1. The lowest BCUT2D eigenvalue weighted by Crippen LogP contribution is -2.43. The number of benzene rings is 1. The number of nitrogens with zero attached hydrogens (tertiary/aromatic N) is 1. The fourth-order valence-corrected chi connectivity index (χ4v) is 1.98. The van der Waals surface area contributed by atoms with Crippen LogP contribution in [0.3, 0.4) is 0 Å². The highest BCUT2D eigenvalue weighted by Gasteiger charge is 2.39. The summed E-state index contributed by atoms with van der Waals surface area (Å²) in [6, 6.07) is 5.33. The maximum atomic E-state index is 12.2. The number of amides is 2. The summed E-state index contributed by atoms with van der Waals surface area (Å²) in [6.07, 6.45) is -5.93. The van der Waals surface area contributed by atoms with Gasteiger partial charge >= 0.3 is 12.2 Å². The second-order valence-electron chi connectivity index (χ2n) is 4.35. The molecule has 2 N–H and O–H groups in total. The molecule has 118 valence electrons. The van der Waals surface area contributed by atoms with Gasteiger partial charge < -0.3 is 15.3 Å². The molecule has 2 amide bonds. The summed E-state index contributed by atoms with van der Waals surface area (Å²) in [5.41, 5.74) is 0.307. The monoisotopic (exact) mass is 324 g/mol. The molecule has 0 spiro atoms. The van der Waals surface area contributed by atoms with Gasteiger partial charge in [0.2, 0.25) is 0 Å². The third kappa shape index (κ3) is 5.35. The van der Waals surface area contributed by atoms with Gasteiger partial charge in [-0.15, -0.1) is 0 Å². The third-order valence-corrected chi connectivity index (χ3v) is 3.51. The Labute approximate surface area is 122 Å². The van der Waals surface area contributed by atoms with Gasteiger partial charge in [-0.05, 0) is 18.2 Å². The van der Waals surface area contributed by atoms with Gasteiger partial charge in [-0.1, -0.05) is 6.07 Å². The zero-order valence-corrected chi connectivity index (χ0v) is 12.2. The van der Waals surface area contributed by atoms with E-state index in [1.807, 2.05) is 0 Å². The number of aliphatic hydroxyl groups excluding tert-OH is 1. The van der Waals surface area contributed by atoms with E-state index in [2.05, 4.69) is 5.32 Å². The first-order valence-electron chi connectivity index (χ1n) is 5.81. The van der Waals surface area contributed by atoms with E-state index < -0.39 is 35.7 Å². The van der Waals surface area contributed by atoms with Crippen LogP contribution in [0.2, 0.25) is 0 Å². The van der Waals surface area contributed by atoms with E-state index in [9.17, 15) is 22.2 Å².